The lowest BCUT2D eigenvalue weighted by molar-refractivity contribution is -0.164. The van der Waals surface area contributed by atoms with Crippen molar-refractivity contribution in [3.05, 3.63) is 36.0 Å². The number of fused-ring (bicyclic) bond motifs is 1. The van der Waals surface area contributed by atoms with E-state index in [9.17, 15) is 9.59 Å². The predicted molar refractivity (Wildman–Crippen MR) is 95.9 cm³/mol. The predicted octanol–water partition coefficient (Wildman–Crippen LogP) is 2.70. The van der Waals surface area contributed by atoms with E-state index in [1.165, 1.54) is 7.11 Å². The largest absolute Gasteiger partial charge is 0.493 e. The number of rotatable bonds is 5. The fourth-order valence-corrected chi connectivity index (χ4v) is 4.20. The number of hydrogen-bond acceptors (Lipinski definition) is 6. The van der Waals surface area contributed by atoms with Gasteiger partial charge in [0.05, 0.1) is 27.2 Å². The minimum atomic E-state index is -0.925. The maximum Gasteiger partial charge on any atom is 0.332 e. The van der Waals surface area contributed by atoms with E-state index in [-0.39, 0.29) is 17.7 Å². The third kappa shape index (κ3) is 2.93. The quantitative estimate of drug-likeness (QED) is 0.753. The molecular weight excluding hydrogens is 334 g/mol. The van der Waals surface area contributed by atoms with Crippen LogP contribution in [0.3, 0.4) is 0 Å². The summed E-state index contributed by atoms with van der Waals surface area (Å²) in [5.74, 6) is 0.612. The molecule has 140 valence electrons. The van der Waals surface area contributed by atoms with Gasteiger partial charge in [0, 0.05) is 12.7 Å². The molecule has 1 aromatic carbocycles. The molecule has 0 aromatic heterocycles. The van der Waals surface area contributed by atoms with Gasteiger partial charge in [0.1, 0.15) is 5.54 Å². The molecule has 2 atom stereocenters. The molecule has 0 saturated heterocycles. The van der Waals surface area contributed by atoms with Gasteiger partial charge in [-0.05, 0) is 36.6 Å². The molecule has 6 heteroatoms. The summed E-state index contributed by atoms with van der Waals surface area (Å²) in [5, 5.41) is 0. The van der Waals surface area contributed by atoms with Gasteiger partial charge in [-0.15, -0.1) is 0 Å². The summed E-state index contributed by atoms with van der Waals surface area (Å²) in [5.41, 5.74) is 0.0423. The van der Waals surface area contributed by atoms with Crippen LogP contribution in [0.15, 0.2) is 30.5 Å². The number of benzene rings is 1. The number of nitrogens with zero attached hydrogens (tertiary/aromatic N) is 1. The monoisotopic (exact) mass is 359 g/mol. The molecule has 6 nitrogen and oxygen atoms in total. The third-order valence-corrected chi connectivity index (χ3v) is 5.49. The van der Waals surface area contributed by atoms with E-state index in [0.717, 1.165) is 18.4 Å². The Labute approximate surface area is 153 Å². The van der Waals surface area contributed by atoms with Gasteiger partial charge in [-0.1, -0.05) is 18.9 Å². The van der Waals surface area contributed by atoms with Crippen LogP contribution in [0.1, 0.15) is 31.2 Å². The van der Waals surface area contributed by atoms with Gasteiger partial charge in [-0.3, -0.25) is 4.79 Å². The highest BCUT2D eigenvalue weighted by Gasteiger charge is 2.55. The molecule has 2 unspecified atom stereocenters. The summed E-state index contributed by atoms with van der Waals surface area (Å²) >= 11 is 0. The smallest absolute Gasteiger partial charge is 0.332 e. The molecule has 2 aliphatic rings. The number of methoxy groups -OCH3 is 3. The maximum absolute atomic E-state index is 12.8. The molecular formula is C20H25NO5. The molecule has 26 heavy (non-hydrogen) atoms. The first-order chi connectivity index (χ1) is 12.6. The number of hydrogen-bond donors (Lipinski definition) is 0. The maximum atomic E-state index is 12.8. The van der Waals surface area contributed by atoms with Crippen LogP contribution >= 0.6 is 0 Å². The van der Waals surface area contributed by atoms with Crippen LogP contribution in [0.4, 0.5) is 0 Å². The zero-order valence-corrected chi connectivity index (χ0v) is 15.5. The Morgan fingerprint density at radius 3 is 2.65 bits per heavy atom. The van der Waals surface area contributed by atoms with Crippen molar-refractivity contribution in [3.63, 3.8) is 0 Å². The molecule has 1 aromatic rings. The number of carbonyl (C=O) groups excluding carboxylic acids is 2. The van der Waals surface area contributed by atoms with E-state index in [0.29, 0.717) is 30.9 Å². The minimum Gasteiger partial charge on any atom is -0.493 e. The second-order valence-corrected chi connectivity index (χ2v) is 6.75. The highest BCUT2D eigenvalue weighted by molar-refractivity contribution is 5.99. The van der Waals surface area contributed by atoms with E-state index >= 15 is 0 Å². The zero-order chi connectivity index (χ0) is 18.7. The number of carbonyl (C=O) groups is 2. The second-order valence-electron chi connectivity index (χ2n) is 6.75. The Morgan fingerprint density at radius 1 is 1.19 bits per heavy atom. The standard InChI is InChI=1S/C20H25NO5/c1-24-17-8-7-14(12-18(17)25-2)13-21-11-9-16(22)15-6-4-5-10-20(15,21)19(23)26-3/h7-9,11-12,15H,4-6,10,13H2,1-3H3. The lowest BCUT2D eigenvalue weighted by Gasteiger charge is -2.49. The fraction of sp³-hybridized carbons (Fsp3) is 0.500. The Balaban J connectivity index is 1.98. The van der Waals surface area contributed by atoms with Crippen molar-refractivity contribution in [1.82, 2.24) is 4.90 Å². The van der Waals surface area contributed by atoms with E-state index in [1.54, 1.807) is 26.5 Å². The van der Waals surface area contributed by atoms with Gasteiger partial charge in [0.25, 0.3) is 0 Å². The van der Waals surface area contributed by atoms with Crippen LogP contribution in [-0.2, 0) is 20.9 Å². The Hall–Kier alpha value is -2.50. The summed E-state index contributed by atoms with van der Waals surface area (Å²) in [7, 11) is 4.57. The highest BCUT2D eigenvalue weighted by Crippen LogP contribution is 2.44. The molecule has 0 bridgehead atoms. The van der Waals surface area contributed by atoms with Gasteiger partial charge >= 0.3 is 5.97 Å². The van der Waals surface area contributed by atoms with Gasteiger partial charge in [0.2, 0.25) is 0 Å². The molecule has 1 aliphatic carbocycles. The van der Waals surface area contributed by atoms with Gasteiger partial charge in [-0.25, -0.2) is 4.79 Å². The van der Waals surface area contributed by atoms with Gasteiger partial charge < -0.3 is 19.1 Å². The Bertz CT molecular complexity index is 729. The van der Waals surface area contributed by atoms with Crippen molar-refractivity contribution in [2.75, 3.05) is 21.3 Å². The van der Waals surface area contributed by atoms with Crippen molar-refractivity contribution in [2.24, 2.45) is 5.92 Å². The van der Waals surface area contributed by atoms with Gasteiger partial charge in [-0.2, -0.15) is 0 Å². The average molecular weight is 359 g/mol. The van der Waals surface area contributed by atoms with E-state index < -0.39 is 5.54 Å². The molecule has 0 amide bonds. The molecule has 3 rings (SSSR count). The number of ether oxygens (including phenoxy) is 3. The Morgan fingerprint density at radius 2 is 1.96 bits per heavy atom. The molecule has 1 aliphatic heterocycles. The number of ketones is 1. The minimum absolute atomic E-state index is 0.0126. The average Bonchev–Trinajstić information content (AvgIpc) is 2.69. The summed E-state index contributed by atoms with van der Waals surface area (Å²) in [6.07, 6.45) is 6.49. The van der Waals surface area contributed by atoms with E-state index in [2.05, 4.69) is 0 Å². The van der Waals surface area contributed by atoms with Crippen molar-refractivity contribution in [2.45, 2.75) is 37.8 Å². The van der Waals surface area contributed by atoms with Crippen molar-refractivity contribution >= 4 is 11.8 Å². The van der Waals surface area contributed by atoms with Crippen LogP contribution < -0.4 is 9.47 Å². The third-order valence-electron chi connectivity index (χ3n) is 5.49. The summed E-state index contributed by atoms with van der Waals surface area (Å²) in [4.78, 5) is 27.2. The van der Waals surface area contributed by atoms with Crippen LogP contribution in [0.5, 0.6) is 11.5 Å². The molecule has 0 spiro atoms. The summed E-state index contributed by atoms with van der Waals surface area (Å²) in [6.45, 7) is 0.482. The van der Waals surface area contributed by atoms with Crippen molar-refractivity contribution < 1.29 is 23.8 Å². The molecule has 1 saturated carbocycles. The SMILES string of the molecule is COC(=O)C12CCCCC1C(=O)C=CN2Cc1ccc(OC)c(OC)c1. The lowest BCUT2D eigenvalue weighted by atomic mass is 9.68. The highest BCUT2D eigenvalue weighted by atomic mass is 16.5. The van der Waals surface area contributed by atoms with E-state index in [4.69, 9.17) is 14.2 Å². The normalized spacial score (nSPS) is 24.8. The van der Waals surface area contributed by atoms with Crippen LogP contribution in [0.25, 0.3) is 0 Å². The number of allylic oxidation sites excluding steroid dienone is 1. The van der Waals surface area contributed by atoms with Crippen molar-refractivity contribution in [1.29, 1.82) is 0 Å². The molecule has 0 N–H and O–H groups in total. The molecule has 1 heterocycles. The van der Waals surface area contributed by atoms with Crippen LogP contribution in [0.2, 0.25) is 0 Å². The van der Waals surface area contributed by atoms with Crippen molar-refractivity contribution in [3.8, 4) is 11.5 Å². The second kappa shape index (κ2) is 7.40. The van der Waals surface area contributed by atoms with Crippen LogP contribution in [0, 0.1) is 5.92 Å². The van der Waals surface area contributed by atoms with E-state index in [1.807, 2.05) is 23.1 Å². The van der Waals surface area contributed by atoms with Crippen LogP contribution in [-0.4, -0.2) is 43.5 Å². The summed E-state index contributed by atoms with van der Waals surface area (Å²) in [6, 6.07) is 5.68. The summed E-state index contributed by atoms with van der Waals surface area (Å²) < 4.78 is 15.8. The molecule has 0 radical (unpaired) electrons. The fourth-order valence-electron chi connectivity index (χ4n) is 4.20. The first kappa shape index (κ1) is 18.3. The number of esters is 1. The van der Waals surface area contributed by atoms with Gasteiger partial charge in [0.15, 0.2) is 17.3 Å². The Kier molecular flexibility index (Phi) is 5.20. The zero-order valence-electron chi connectivity index (χ0n) is 15.5. The first-order valence-electron chi connectivity index (χ1n) is 8.85. The first-order valence-corrected chi connectivity index (χ1v) is 8.85. The topological polar surface area (TPSA) is 65.1 Å². The molecule has 1 fully saturated rings. The lowest BCUT2D eigenvalue weighted by Crippen LogP contribution is -2.62.